The normalized spacial score (nSPS) is 12.3. The second-order valence-corrected chi connectivity index (χ2v) is 9.10. The zero-order valence-corrected chi connectivity index (χ0v) is 18.4. The van der Waals surface area contributed by atoms with E-state index in [0.717, 1.165) is 33.9 Å². The molecule has 0 radical (unpaired) electrons. The molecule has 1 unspecified atom stereocenters. The van der Waals surface area contributed by atoms with Crippen molar-refractivity contribution in [2.24, 2.45) is 0 Å². The van der Waals surface area contributed by atoms with E-state index in [1.807, 2.05) is 22.9 Å². The van der Waals surface area contributed by atoms with Crippen LogP contribution in [-0.4, -0.2) is 14.7 Å². The van der Waals surface area contributed by atoms with Crippen LogP contribution in [0.25, 0.3) is 0 Å². The van der Waals surface area contributed by atoms with Gasteiger partial charge in [0.05, 0.1) is 11.6 Å². The van der Waals surface area contributed by atoms with Crippen molar-refractivity contribution in [2.45, 2.75) is 57.2 Å². The smallest absolute Gasteiger partial charge is 0.189 e. The molecular weight excluding hydrogens is 464 g/mol. The van der Waals surface area contributed by atoms with Crippen molar-refractivity contribution in [2.75, 3.05) is 0 Å². The molecule has 0 amide bonds. The minimum Gasteiger partial charge on any atom is -0.336 e. The van der Waals surface area contributed by atoms with Crippen LogP contribution in [0.2, 0.25) is 0 Å². The van der Waals surface area contributed by atoms with Crippen molar-refractivity contribution < 1.29 is 4.79 Å². The monoisotopic (exact) mass is 486 g/mol. The molecule has 2 aromatic rings. The number of rotatable bonds is 10. The van der Waals surface area contributed by atoms with E-state index in [1.165, 1.54) is 31.0 Å². The van der Waals surface area contributed by atoms with Gasteiger partial charge in [0.25, 0.3) is 0 Å². The van der Waals surface area contributed by atoms with Crippen molar-refractivity contribution in [3.05, 3.63) is 51.4 Å². The van der Waals surface area contributed by atoms with Gasteiger partial charge in [-0.2, -0.15) is 0 Å². The van der Waals surface area contributed by atoms with Gasteiger partial charge in [0.2, 0.25) is 0 Å². The van der Waals surface area contributed by atoms with Crippen LogP contribution in [0.1, 0.15) is 56.3 Å². The number of carbonyl (C=O) groups is 1. The lowest BCUT2D eigenvalue weighted by molar-refractivity contribution is -0.111. The van der Waals surface area contributed by atoms with E-state index < -0.39 is 0 Å². The lowest BCUT2D eigenvalue weighted by atomic mass is 10.1. The Labute approximate surface area is 171 Å². The number of imidazole rings is 1. The van der Waals surface area contributed by atoms with Crippen LogP contribution in [-0.2, 0) is 11.3 Å². The lowest BCUT2D eigenvalue weighted by Gasteiger charge is -2.18. The maximum atomic E-state index is 12.5. The van der Waals surface area contributed by atoms with Gasteiger partial charge in [-0.05, 0) is 24.1 Å². The zero-order chi connectivity index (χ0) is 18.1. The molecule has 136 valence electrons. The molecule has 6 heteroatoms. The van der Waals surface area contributed by atoms with Crippen LogP contribution < -0.4 is 0 Å². The molecule has 0 aliphatic heterocycles. The number of hydrogen-bond donors (Lipinski definition) is 0. The summed E-state index contributed by atoms with van der Waals surface area (Å²) in [6, 6.07) is 6.14. The molecule has 25 heavy (non-hydrogen) atoms. The van der Waals surface area contributed by atoms with Gasteiger partial charge < -0.3 is 4.57 Å². The highest BCUT2D eigenvalue weighted by molar-refractivity contribution is 9.11. The zero-order valence-electron chi connectivity index (χ0n) is 14.5. The van der Waals surface area contributed by atoms with Gasteiger partial charge >= 0.3 is 0 Å². The third-order valence-corrected chi connectivity index (χ3v) is 6.34. The molecule has 3 nitrogen and oxygen atoms in total. The van der Waals surface area contributed by atoms with E-state index in [1.54, 1.807) is 12.5 Å². The highest BCUT2D eigenvalue weighted by Gasteiger charge is 2.20. The number of benzene rings is 1. The first kappa shape index (κ1) is 20.7. The van der Waals surface area contributed by atoms with E-state index in [4.69, 9.17) is 0 Å². The number of thioether (sulfide) groups is 1. The van der Waals surface area contributed by atoms with Gasteiger partial charge in [-0.3, -0.25) is 4.79 Å². The van der Waals surface area contributed by atoms with E-state index in [2.05, 4.69) is 49.8 Å². The fourth-order valence-electron chi connectivity index (χ4n) is 2.64. The molecule has 0 spiro atoms. The third kappa shape index (κ3) is 7.27. The number of nitrogens with zero attached hydrogens (tertiary/aromatic N) is 2. The first-order chi connectivity index (χ1) is 12.1. The molecule has 2 rings (SSSR count). The minimum atomic E-state index is 0.0693. The highest BCUT2D eigenvalue weighted by atomic mass is 79.9. The van der Waals surface area contributed by atoms with Gasteiger partial charge in [-0.1, -0.05) is 82.3 Å². The summed E-state index contributed by atoms with van der Waals surface area (Å²) in [5.41, 5.74) is 1.14. The first-order valence-corrected chi connectivity index (χ1v) is 11.2. The summed E-state index contributed by atoms with van der Waals surface area (Å²) >= 11 is 8.58. The third-order valence-electron chi connectivity index (χ3n) is 4.00. The Hall–Kier alpha value is -0.590. The molecule has 1 heterocycles. The minimum absolute atomic E-state index is 0.0693. The quantitative estimate of drug-likeness (QED) is 0.347. The number of aromatic nitrogens is 2. The van der Waals surface area contributed by atoms with Gasteiger partial charge in [-0.25, -0.2) is 4.98 Å². The fraction of sp³-hybridized carbons (Fsp3) is 0.474. The summed E-state index contributed by atoms with van der Waals surface area (Å²) in [6.45, 7) is 2.93. The largest absolute Gasteiger partial charge is 0.336 e. The Morgan fingerprint density at radius 3 is 2.72 bits per heavy atom. The number of unbranched alkanes of at least 4 members (excludes halogenated alkanes) is 4. The molecule has 1 atom stereocenters. The average Bonchev–Trinajstić information content (AvgIpc) is 3.07. The van der Waals surface area contributed by atoms with Crippen LogP contribution in [0, 0.1) is 0 Å². The van der Waals surface area contributed by atoms with Gasteiger partial charge in [0.15, 0.2) is 5.12 Å². The highest BCUT2D eigenvalue weighted by Crippen LogP contribution is 2.37. The fourth-order valence-corrected chi connectivity index (χ4v) is 5.27. The van der Waals surface area contributed by atoms with Gasteiger partial charge in [0.1, 0.15) is 0 Å². The Morgan fingerprint density at radius 2 is 2.04 bits per heavy atom. The maximum Gasteiger partial charge on any atom is 0.189 e. The molecule has 0 aliphatic rings. The van der Waals surface area contributed by atoms with Crippen molar-refractivity contribution in [1.29, 1.82) is 0 Å². The molecule has 0 saturated heterocycles. The first-order valence-electron chi connectivity index (χ1n) is 8.70. The number of halogens is 2. The molecule has 1 aromatic carbocycles. The standard InChI is InChI=1S/C19H24Br2N2OS/c1-2-3-4-5-6-7-19(24)25-18(13-23-11-10-22-14-23)16-9-8-15(20)12-17(16)21/h8-12,14,18H,2-7,13H2,1H3. The van der Waals surface area contributed by atoms with E-state index in [-0.39, 0.29) is 10.4 Å². The van der Waals surface area contributed by atoms with Crippen LogP contribution in [0.15, 0.2) is 45.9 Å². The summed E-state index contributed by atoms with van der Waals surface area (Å²) in [7, 11) is 0. The Morgan fingerprint density at radius 1 is 1.24 bits per heavy atom. The Kier molecular flexibility index (Phi) is 9.28. The van der Waals surface area contributed by atoms with E-state index in [9.17, 15) is 4.79 Å². The SMILES string of the molecule is CCCCCCCC(=O)SC(Cn1ccnc1)c1ccc(Br)cc1Br. The predicted octanol–water partition coefficient (Wildman–Crippen LogP) is 6.77. The maximum absolute atomic E-state index is 12.5. The second-order valence-electron chi connectivity index (χ2n) is 6.07. The summed E-state index contributed by atoms with van der Waals surface area (Å²) < 4.78 is 4.08. The van der Waals surface area contributed by atoms with Crippen molar-refractivity contribution >= 4 is 48.7 Å². The van der Waals surface area contributed by atoms with E-state index >= 15 is 0 Å². The van der Waals surface area contributed by atoms with Crippen molar-refractivity contribution in [3.63, 3.8) is 0 Å². The average molecular weight is 488 g/mol. The van der Waals surface area contributed by atoms with Crippen LogP contribution >= 0.6 is 43.6 Å². The molecule has 1 aromatic heterocycles. The summed E-state index contributed by atoms with van der Waals surface area (Å²) in [6.07, 6.45) is 12.0. The van der Waals surface area contributed by atoms with Crippen LogP contribution in [0.4, 0.5) is 0 Å². The Balaban J connectivity index is 2.00. The van der Waals surface area contributed by atoms with Crippen LogP contribution in [0.3, 0.4) is 0 Å². The van der Waals surface area contributed by atoms with E-state index in [0.29, 0.717) is 6.42 Å². The van der Waals surface area contributed by atoms with Gasteiger partial charge in [-0.15, -0.1) is 0 Å². The summed E-state index contributed by atoms with van der Waals surface area (Å²) in [4.78, 5) is 16.6. The summed E-state index contributed by atoms with van der Waals surface area (Å²) in [5, 5.41) is 0.344. The molecule has 0 aliphatic carbocycles. The van der Waals surface area contributed by atoms with Crippen molar-refractivity contribution in [3.8, 4) is 0 Å². The summed E-state index contributed by atoms with van der Waals surface area (Å²) in [5.74, 6) is 0. The Bertz CT molecular complexity index is 661. The topological polar surface area (TPSA) is 34.9 Å². The van der Waals surface area contributed by atoms with Gasteiger partial charge in [0, 0.05) is 34.3 Å². The number of carbonyl (C=O) groups excluding carboxylic acids is 1. The predicted molar refractivity (Wildman–Crippen MR) is 113 cm³/mol. The molecule has 0 bridgehead atoms. The number of hydrogen-bond acceptors (Lipinski definition) is 3. The van der Waals surface area contributed by atoms with Crippen molar-refractivity contribution in [1.82, 2.24) is 9.55 Å². The molecule has 0 N–H and O–H groups in total. The van der Waals surface area contributed by atoms with Crippen LogP contribution in [0.5, 0.6) is 0 Å². The molecular formula is C19H24Br2N2OS. The molecule has 0 fully saturated rings. The molecule has 0 saturated carbocycles. The lowest BCUT2D eigenvalue weighted by Crippen LogP contribution is -2.08. The second kappa shape index (κ2) is 11.2.